The first-order valence-electron chi connectivity index (χ1n) is 6.56. The van der Waals surface area contributed by atoms with Crippen LogP contribution in [0.1, 0.15) is 24.4 Å². The van der Waals surface area contributed by atoms with Gasteiger partial charge in [0, 0.05) is 16.8 Å². The van der Waals surface area contributed by atoms with Gasteiger partial charge < -0.3 is 9.73 Å². The Balaban J connectivity index is 1.94. The van der Waals surface area contributed by atoms with Crippen LogP contribution in [0.15, 0.2) is 46.9 Å². The molecule has 0 amide bonds. The summed E-state index contributed by atoms with van der Waals surface area (Å²) in [5, 5.41) is 6.00. The van der Waals surface area contributed by atoms with Gasteiger partial charge in [-0.05, 0) is 43.1 Å². The summed E-state index contributed by atoms with van der Waals surface area (Å²) in [6, 6.07) is 15.3. The van der Waals surface area contributed by atoms with Crippen molar-refractivity contribution in [2.24, 2.45) is 0 Å². The number of rotatable bonds is 1. The molecule has 18 heavy (non-hydrogen) atoms. The average molecular weight is 237 g/mol. The van der Waals surface area contributed by atoms with Crippen LogP contribution in [-0.4, -0.2) is 6.54 Å². The molecule has 1 N–H and O–H groups in total. The number of hydrogen-bond donors (Lipinski definition) is 1. The van der Waals surface area contributed by atoms with E-state index in [-0.39, 0.29) is 0 Å². The van der Waals surface area contributed by atoms with E-state index in [1.807, 2.05) is 12.1 Å². The maximum atomic E-state index is 5.85. The van der Waals surface area contributed by atoms with E-state index in [9.17, 15) is 0 Å². The zero-order valence-corrected chi connectivity index (χ0v) is 10.1. The summed E-state index contributed by atoms with van der Waals surface area (Å²) in [5.41, 5.74) is 3.34. The fraction of sp³-hybridized carbons (Fsp3) is 0.250. The summed E-state index contributed by atoms with van der Waals surface area (Å²) < 4.78 is 5.85. The second-order valence-electron chi connectivity index (χ2n) is 5.00. The molecule has 1 aromatic heterocycles. The largest absolute Gasteiger partial charge is 0.456 e. The van der Waals surface area contributed by atoms with Gasteiger partial charge in [-0.1, -0.05) is 24.3 Å². The number of fused-ring (bicyclic) bond motifs is 3. The van der Waals surface area contributed by atoms with Gasteiger partial charge in [0.1, 0.15) is 11.2 Å². The van der Waals surface area contributed by atoms with E-state index < -0.39 is 0 Å². The Labute approximate surface area is 106 Å². The topological polar surface area (TPSA) is 25.2 Å². The summed E-state index contributed by atoms with van der Waals surface area (Å²) in [4.78, 5) is 0. The van der Waals surface area contributed by atoms with Crippen molar-refractivity contribution in [3.63, 3.8) is 0 Å². The molecule has 0 aliphatic carbocycles. The number of nitrogens with one attached hydrogen (secondary N) is 1. The van der Waals surface area contributed by atoms with Gasteiger partial charge in [0.15, 0.2) is 0 Å². The van der Waals surface area contributed by atoms with Gasteiger partial charge in [0.2, 0.25) is 0 Å². The SMILES string of the molecule is c1ccc2c(c1)oc1ccc(C3CCCN3)cc12. The average Bonchev–Trinajstić information content (AvgIpc) is 3.05. The monoisotopic (exact) mass is 237 g/mol. The molecule has 1 unspecified atom stereocenters. The minimum Gasteiger partial charge on any atom is -0.456 e. The summed E-state index contributed by atoms with van der Waals surface area (Å²) in [7, 11) is 0. The lowest BCUT2D eigenvalue weighted by Gasteiger charge is -2.09. The fourth-order valence-corrected chi connectivity index (χ4v) is 2.93. The molecular weight excluding hydrogens is 222 g/mol. The lowest BCUT2D eigenvalue weighted by molar-refractivity contribution is 0.646. The van der Waals surface area contributed by atoms with E-state index in [4.69, 9.17) is 4.42 Å². The summed E-state index contributed by atoms with van der Waals surface area (Å²) in [6.45, 7) is 1.13. The molecule has 1 saturated heterocycles. The molecular formula is C16H15NO. The Bertz CT molecular complexity index is 707. The Hall–Kier alpha value is -1.80. The van der Waals surface area contributed by atoms with Crippen LogP contribution >= 0.6 is 0 Å². The first kappa shape index (κ1) is 10.2. The van der Waals surface area contributed by atoms with Gasteiger partial charge in [-0.15, -0.1) is 0 Å². The molecule has 2 heteroatoms. The van der Waals surface area contributed by atoms with Gasteiger partial charge >= 0.3 is 0 Å². The summed E-state index contributed by atoms with van der Waals surface area (Å²) in [5.74, 6) is 0. The van der Waals surface area contributed by atoms with Crippen molar-refractivity contribution >= 4 is 21.9 Å². The molecule has 90 valence electrons. The third-order valence-electron chi connectivity index (χ3n) is 3.86. The predicted molar refractivity (Wildman–Crippen MR) is 73.7 cm³/mol. The molecule has 3 aromatic rings. The molecule has 1 aliphatic rings. The molecule has 1 fully saturated rings. The molecule has 1 atom stereocenters. The third kappa shape index (κ3) is 1.46. The Kier molecular flexibility index (Phi) is 2.17. The zero-order valence-electron chi connectivity index (χ0n) is 10.1. The van der Waals surface area contributed by atoms with Crippen molar-refractivity contribution < 1.29 is 4.42 Å². The Morgan fingerprint density at radius 2 is 1.89 bits per heavy atom. The fourth-order valence-electron chi connectivity index (χ4n) is 2.93. The molecule has 2 nitrogen and oxygen atoms in total. The Morgan fingerprint density at radius 1 is 1.00 bits per heavy atom. The quantitative estimate of drug-likeness (QED) is 0.691. The minimum atomic E-state index is 0.517. The van der Waals surface area contributed by atoms with Crippen LogP contribution in [0.2, 0.25) is 0 Å². The van der Waals surface area contributed by atoms with E-state index >= 15 is 0 Å². The van der Waals surface area contributed by atoms with Crippen molar-refractivity contribution in [1.29, 1.82) is 0 Å². The van der Waals surface area contributed by atoms with Crippen LogP contribution < -0.4 is 5.32 Å². The van der Waals surface area contributed by atoms with Crippen LogP contribution in [-0.2, 0) is 0 Å². The first-order valence-corrected chi connectivity index (χ1v) is 6.56. The molecule has 2 aromatic carbocycles. The van der Waals surface area contributed by atoms with Crippen LogP contribution in [0.5, 0.6) is 0 Å². The second-order valence-corrected chi connectivity index (χ2v) is 5.00. The maximum absolute atomic E-state index is 5.85. The van der Waals surface area contributed by atoms with E-state index in [1.54, 1.807) is 0 Å². The molecule has 4 rings (SSSR count). The minimum absolute atomic E-state index is 0.517. The van der Waals surface area contributed by atoms with Crippen molar-refractivity contribution in [3.05, 3.63) is 48.0 Å². The standard InChI is InChI=1S/C16H15NO/c1-2-6-15-12(4-1)13-10-11(7-8-16(13)18-15)14-5-3-9-17-14/h1-2,4,6-8,10,14,17H,3,5,9H2. The molecule has 2 heterocycles. The van der Waals surface area contributed by atoms with Gasteiger partial charge in [-0.25, -0.2) is 0 Å². The normalized spacial score (nSPS) is 19.9. The van der Waals surface area contributed by atoms with E-state index in [0.717, 1.165) is 17.7 Å². The van der Waals surface area contributed by atoms with Gasteiger partial charge in [0.05, 0.1) is 0 Å². The Morgan fingerprint density at radius 3 is 2.78 bits per heavy atom. The maximum Gasteiger partial charge on any atom is 0.135 e. The van der Waals surface area contributed by atoms with E-state index in [2.05, 4.69) is 35.6 Å². The molecule has 0 saturated carbocycles. The number of hydrogen-bond acceptors (Lipinski definition) is 2. The van der Waals surface area contributed by atoms with Crippen LogP contribution in [0.4, 0.5) is 0 Å². The highest BCUT2D eigenvalue weighted by atomic mass is 16.3. The van der Waals surface area contributed by atoms with Crippen molar-refractivity contribution in [2.45, 2.75) is 18.9 Å². The first-order chi connectivity index (χ1) is 8.92. The van der Waals surface area contributed by atoms with Gasteiger partial charge in [-0.2, -0.15) is 0 Å². The number of para-hydroxylation sites is 1. The summed E-state index contributed by atoms with van der Waals surface area (Å²) >= 11 is 0. The van der Waals surface area contributed by atoms with Gasteiger partial charge in [-0.3, -0.25) is 0 Å². The van der Waals surface area contributed by atoms with E-state index in [1.165, 1.54) is 29.2 Å². The highest BCUT2D eigenvalue weighted by Crippen LogP contribution is 2.32. The lowest BCUT2D eigenvalue weighted by atomic mass is 10.0. The van der Waals surface area contributed by atoms with Crippen molar-refractivity contribution in [3.8, 4) is 0 Å². The highest BCUT2D eigenvalue weighted by molar-refractivity contribution is 6.05. The number of furan rings is 1. The van der Waals surface area contributed by atoms with Crippen LogP contribution in [0.3, 0.4) is 0 Å². The molecule has 0 bridgehead atoms. The number of benzene rings is 2. The smallest absolute Gasteiger partial charge is 0.135 e. The zero-order chi connectivity index (χ0) is 11.9. The molecule has 1 aliphatic heterocycles. The predicted octanol–water partition coefficient (Wildman–Crippen LogP) is 4.01. The van der Waals surface area contributed by atoms with Crippen LogP contribution in [0, 0.1) is 0 Å². The highest BCUT2D eigenvalue weighted by Gasteiger charge is 2.17. The third-order valence-corrected chi connectivity index (χ3v) is 3.86. The summed E-state index contributed by atoms with van der Waals surface area (Å²) in [6.07, 6.45) is 2.51. The van der Waals surface area contributed by atoms with E-state index in [0.29, 0.717) is 6.04 Å². The molecule has 0 spiro atoms. The van der Waals surface area contributed by atoms with Crippen LogP contribution in [0.25, 0.3) is 21.9 Å². The van der Waals surface area contributed by atoms with Crippen molar-refractivity contribution in [1.82, 2.24) is 5.32 Å². The van der Waals surface area contributed by atoms with Gasteiger partial charge in [0.25, 0.3) is 0 Å². The van der Waals surface area contributed by atoms with Crippen molar-refractivity contribution in [2.75, 3.05) is 6.54 Å². The second kappa shape index (κ2) is 3.85. The molecule has 0 radical (unpaired) electrons. The lowest BCUT2D eigenvalue weighted by Crippen LogP contribution is -2.12.